The fourth-order valence-corrected chi connectivity index (χ4v) is 3.68. The van der Waals surface area contributed by atoms with Crippen molar-refractivity contribution in [2.45, 2.75) is 13.0 Å². The summed E-state index contributed by atoms with van der Waals surface area (Å²) in [5, 5.41) is 0. The van der Waals surface area contributed by atoms with Crippen LogP contribution in [0.4, 0.5) is 0 Å². The molecule has 1 nitrogen and oxygen atoms in total. The van der Waals surface area contributed by atoms with Gasteiger partial charge in [0.25, 0.3) is 0 Å². The van der Waals surface area contributed by atoms with Crippen molar-refractivity contribution in [3.8, 4) is 0 Å². The first-order valence-corrected chi connectivity index (χ1v) is 7.24. The van der Waals surface area contributed by atoms with Crippen LogP contribution in [0.1, 0.15) is 22.0 Å². The van der Waals surface area contributed by atoms with Crippen LogP contribution >= 0.6 is 43.2 Å². The Morgan fingerprint density at radius 2 is 1.94 bits per heavy atom. The molecule has 84 valence electrons. The maximum Gasteiger partial charge on any atom is 0.0702 e. The second-order valence-corrected chi connectivity index (χ2v) is 7.09. The van der Waals surface area contributed by atoms with Crippen LogP contribution in [-0.2, 0) is 0 Å². The van der Waals surface area contributed by atoms with Gasteiger partial charge in [-0.25, -0.2) is 0 Å². The van der Waals surface area contributed by atoms with Crippen LogP contribution in [0.5, 0.6) is 0 Å². The van der Waals surface area contributed by atoms with Crippen LogP contribution < -0.4 is 5.73 Å². The Labute approximate surface area is 116 Å². The summed E-state index contributed by atoms with van der Waals surface area (Å²) in [6, 6.07) is 10.3. The van der Waals surface area contributed by atoms with Crippen LogP contribution in [0.25, 0.3) is 0 Å². The third kappa shape index (κ3) is 2.74. The second kappa shape index (κ2) is 5.00. The number of thiophene rings is 1. The molecule has 0 radical (unpaired) electrons. The summed E-state index contributed by atoms with van der Waals surface area (Å²) in [7, 11) is 0. The Hall–Kier alpha value is -0.160. The van der Waals surface area contributed by atoms with Crippen molar-refractivity contribution in [3.63, 3.8) is 0 Å². The van der Waals surface area contributed by atoms with E-state index in [-0.39, 0.29) is 6.04 Å². The summed E-state index contributed by atoms with van der Waals surface area (Å²) < 4.78 is 2.19. The van der Waals surface area contributed by atoms with Crippen molar-refractivity contribution in [1.82, 2.24) is 0 Å². The Kier molecular flexibility index (Phi) is 3.85. The first-order valence-electron chi connectivity index (χ1n) is 4.84. The van der Waals surface area contributed by atoms with E-state index in [1.165, 1.54) is 10.4 Å². The molecule has 1 unspecified atom stereocenters. The van der Waals surface area contributed by atoms with E-state index in [9.17, 15) is 0 Å². The molecule has 0 aliphatic carbocycles. The highest BCUT2D eigenvalue weighted by Gasteiger charge is 2.11. The fourth-order valence-electron chi connectivity index (χ4n) is 1.60. The summed E-state index contributed by atoms with van der Waals surface area (Å²) in [5.41, 5.74) is 8.59. The molecule has 1 atom stereocenters. The van der Waals surface area contributed by atoms with Gasteiger partial charge in [-0.05, 0) is 58.2 Å². The van der Waals surface area contributed by atoms with Gasteiger partial charge in [0.2, 0.25) is 0 Å². The van der Waals surface area contributed by atoms with Crippen molar-refractivity contribution in [2.24, 2.45) is 5.73 Å². The second-order valence-electron chi connectivity index (χ2n) is 3.68. The molecule has 1 aromatic carbocycles. The van der Waals surface area contributed by atoms with E-state index in [0.29, 0.717) is 0 Å². The van der Waals surface area contributed by atoms with Gasteiger partial charge in [0.05, 0.1) is 9.83 Å². The average Bonchev–Trinajstić information content (AvgIpc) is 2.62. The molecule has 2 aromatic rings. The van der Waals surface area contributed by atoms with Crippen LogP contribution in [0.15, 0.2) is 38.6 Å². The standard InChI is InChI=1S/C12H11Br2NS/c1-7-4-8(6-9(13)5-7)12(15)10-2-3-11(14)16-10/h2-6,12H,15H2,1H3. The SMILES string of the molecule is Cc1cc(Br)cc(C(N)c2ccc(Br)s2)c1. The number of halogens is 2. The highest BCUT2D eigenvalue weighted by Crippen LogP contribution is 2.31. The van der Waals surface area contributed by atoms with Crippen molar-refractivity contribution >= 4 is 43.2 Å². The lowest BCUT2D eigenvalue weighted by Gasteiger charge is -2.11. The molecule has 0 aliphatic heterocycles. The number of hydrogen-bond donors (Lipinski definition) is 1. The van der Waals surface area contributed by atoms with Crippen LogP contribution in [0, 0.1) is 6.92 Å². The van der Waals surface area contributed by atoms with Gasteiger partial charge >= 0.3 is 0 Å². The molecule has 4 heteroatoms. The Bertz CT molecular complexity index is 487. The lowest BCUT2D eigenvalue weighted by Crippen LogP contribution is -2.10. The maximum atomic E-state index is 6.24. The Morgan fingerprint density at radius 1 is 1.19 bits per heavy atom. The minimum atomic E-state index is -0.0486. The summed E-state index contributed by atoms with van der Waals surface area (Å²) in [6.45, 7) is 2.07. The average molecular weight is 361 g/mol. The summed E-state index contributed by atoms with van der Waals surface area (Å²) in [6.07, 6.45) is 0. The summed E-state index contributed by atoms with van der Waals surface area (Å²) in [5.74, 6) is 0. The number of benzene rings is 1. The normalized spacial score (nSPS) is 12.8. The zero-order valence-corrected chi connectivity index (χ0v) is 12.7. The number of aryl methyl sites for hydroxylation is 1. The molecule has 16 heavy (non-hydrogen) atoms. The van der Waals surface area contributed by atoms with Gasteiger partial charge in [-0.15, -0.1) is 11.3 Å². The Balaban J connectivity index is 2.37. The van der Waals surface area contributed by atoms with Crippen LogP contribution in [0.3, 0.4) is 0 Å². The van der Waals surface area contributed by atoms with Gasteiger partial charge in [0, 0.05) is 9.35 Å². The predicted molar refractivity (Wildman–Crippen MR) is 76.9 cm³/mol. The topological polar surface area (TPSA) is 26.0 Å². The first-order chi connectivity index (χ1) is 7.56. The number of rotatable bonds is 2. The molecule has 0 saturated heterocycles. The fraction of sp³-hybridized carbons (Fsp3) is 0.167. The van der Waals surface area contributed by atoms with E-state index in [1.54, 1.807) is 11.3 Å². The third-order valence-corrected chi connectivity index (χ3v) is 4.49. The molecule has 0 fully saturated rings. The van der Waals surface area contributed by atoms with Gasteiger partial charge in [0.15, 0.2) is 0 Å². The summed E-state index contributed by atoms with van der Waals surface area (Å²) >= 11 is 8.63. The molecule has 0 saturated carbocycles. The van der Waals surface area contributed by atoms with Crippen molar-refractivity contribution < 1.29 is 0 Å². The highest BCUT2D eigenvalue weighted by atomic mass is 79.9. The third-order valence-electron chi connectivity index (χ3n) is 2.32. The van der Waals surface area contributed by atoms with Crippen molar-refractivity contribution in [2.75, 3.05) is 0 Å². The van der Waals surface area contributed by atoms with Gasteiger partial charge in [0.1, 0.15) is 0 Å². The molecular weight excluding hydrogens is 350 g/mol. The minimum absolute atomic E-state index is 0.0486. The highest BCUT2D eigenvalue weighted by molar-refractivity contribution is 9.11. The quantitative estimate of drug-likeness (QED) is 0.830. The zero-order valence-electron chi connectivity index (χ0n) is 8.71. The molecule has 0 aliphatic rings. The van der Waals surface area contributed by atoms with E-state index in [1.807, 2.05) is 6.07 Å². The molecule has 2 rings (SSSR count). The molecule has 1 heterocycles. The maximum absolute atomic E-state index is 6.24. The minimum Gasteiger partial charge on any atom is -0.320 e. The van der Waals surface area contributed by atoms with E-state index < -0.39 is 0 Å². The van der Waals surface area contributed by atoms with Gasteiger partial charge in [-0.1, -0.05) is 22.0 Å². The number of hydrogen-bond acceptors (Lipinski definition) is 2. The molecular formula is C12H11Br2NS. The molecule has 0 spiro atoms. The first kappa shape index (κ1) is 12.3. The molecule has 0 bridgehead atoms. The van der Waals surface area contributed by atoms with Crippen molar-refractivity contribution in [3.05, 3.63) is 54.6 Å². The van der Waals surface area contributed by atoms with Crippen LogP contribution in [-0.4, -0.2) is 0 Å². The van der Waals surface area contributed by atoms with E-state index in [2.05, 4.69) is 63.0 Å². The number of nitrogens with two attached hydrogens (primary N) is 1. The predicted octanol–water partition coefficient (Wildman–Crippen LogP) is 4.63. The summed E-state index contributed by atoms with van der Waals surface area (Å²) in [4.78, 5) is 1.17. The van der Waals surface area contributed by atoms with Crippen molar-refractivity contribution in [1.29, 1.82) is 0 Å². The van der Waals surface area contributed by atoms with E-state index in [4.69, 9.17) is 5.73 Å². The molecule has 1 aromatic heterocycles. The largest absolute Gasteiger partial charge is 0.320 e. The van der Waals surface area contributed by atoms with Gasteiger partial charge in [-0.3, -0.25) is 0 Å². The van der Waals surface area contributed by atoms with E-state index in [0.717, 1.165) is 13.8 Å². The van der Waals surface area contributed by atoms with E-state index >= 15 is 0 Å². The smallest absolute Gasteiger partial charge is 0.0702 e. The monoisotopic (exact) mass is 359 g/mol. The lowest BCUT2D eigenvalue weighted by molar-refractivity contribution is 0.890. The van der Waals surface area contributed by atoms with Gasteiger partial charge in [-0.2, -0.15) is 0 Å². The zero-order chi connectivity index (χ0) is 11.7. The van der Waals surface area contributed by atoms with Crippen LogP contribution in [0.2, 0.25) is 0 Å². The molecule has 0 amide bonds. The Morgan fingerprint density at radius 3 is 2.50 bits per heavy atom. The lowest BCUT2D eigenvalue weighted by atomic mass is 10.0. The molecule has 2 N–H and O–H groups in total. The van der Waals surface area contributed by atoms with Gasteiger partial charge < -0.3 is 5.73 Å².